The van der Waals surface area contributed by atoms with E-state index in [-0.39, 0.29) is 9.41 Å². The van der Waals surface area contributed by atoms with Gasteiger partial charge in [0.05, 0.1) is 0 Å². The van der Waals surface area contributed by atoms with E-state index in [1.165, 1.54) is 44.9 Å². The molecule has 0 bridgehead atoms. The van der Waals surface area contributed by atoms with Gasteiger partial charge >= 0.3 is 96.6 Å². The molecular weight excluding hydrogens is 273 g/mol. The van der Waals surface area contributed by atoms with Crippen LogP contribution in [0.4, 0.5) is 0 Å². The summed E-state index contributed by atoms with van der Waals surface area (Å²) in [4.78, 5) is 0. The zero-order valence-electron chi connectivity index (χ0n) is 8.94. The molecule has 0 heterocycles. The topological polar surface area (TPSA) is 0 Å². The second-order valence-electron chi connectivity index (χ2n) is 4.32. The summed E-state index contributed by atoms with van der Waals surface area (Å²) in [5, 5.41) is 0. The monoisotopic (exact) mass is 289 g/mol. The molecule has 2 rings (SSSR count). The van der Waals surface area contributed by atoms with Gasteiger partial charge in [-0.2, -0.15) is 0 Å². The summed E-state index contributed by atoms with van der Waals surface area (Å²) >= 11 is 1.64. The van der Waals surface area contributed by atoms with Crippen LogP contribution in [-0.4, -0.2) is 0 Å². The summed E-state index contributed by atoms with van der Waals surface area (Å²) in [5.74, 6) is 1.02. The Balaban J connectivity index is 0.000000980. The average molecular weight is 290 g/mol. The molecule has 2 aliphatic rings. The fraction of sp³-hybridized carbons (Fsp3) is 0.667. The van der Waals surface area contributed by atoms with Gasteiger partial charge in [0.25, 0.3) is 0 Å². The molecule has 83 valence electrons. The van der Waals surface area contributed by atoms with E-state index < -0.39 is 0 Å². The third-order valence-electron chi connectivity index (χ3n) is 3.26. The summed E-state index contributed by atoms with van der Waals surface area (Å²) in [6.45, 7) is 0. The Bertz CT molecular complexity index is 240. The summed E-state index contributed by atoms with van der Waals surface area (Å²) in [7, 11) is 0. The molecule has 0 aliphatic heterocycles. The van der Waals surface area contributed by atoms with E-state index in [9.17, 15) is 0 Å². The number of halogens is 2. The van der Waals surface area contributed by atoms with E-state index in [0.29, 0.717) is 0 Å². The predicted molar refractivity (Wildman–Crippen MR) is 52.0 cm³/mol. The summed E-state index contributed by atoms with van der Waals surface area (Å²) < 4.78 is 1.71. The van der Waals surface area contributed by atoms with E-state index in [0.717, 1.165) is 5.92 Å². The van der Waals surface area contributed by atoms with Crippen LogP contribution in [-0.2, 0) is 24.7 Å². The van der Waals surface area contributed by atoms with Crippen molar-refractivity contribution in [2.24, 2.45) is 5.92 Å². The predicted octanol–water partition coefficient (Wildman–Crippen LogP) is -2.27. The second-order valence-corrected chi connectivity index (χ2v) is 5.80. The molecule has 0 N–H and O–H groups in total. The van der Waals surface area contributed by atoms with Crippen LogP contribution < -0.4 is 9.41 Å². The molecule has 3 heteroatoms. The van der Waals surface area contributed by atoms with Crippen LogP contribution in [0, 0.1) is 5.92 Å². The van der Waals surface area contributed by atoms with Gasteiger partial charge in [-0.05, 0) is 0 Å². The molecule has 0 aromatic heterocycles. The van der Waals surface area contributed by atoms with E-state index in [2.05, 4.69) is 12.2 Å². The quantitative estimate of drug-likeness (QED) is 0.538. The number of hydrogen-bond donors (Lipinski definition) is 0. The molecule has 0 atom stereocenters. The fourth-order valence-electron chi connectivity index (χ4n) is 2.44. The zero-order chi connectivity index (χ0) is 9.10. The van der Waals surface area contributed by atoms with Crippen molar-refractivity contribution in [1.29, 1.82) is 0 Å². The van der Waals surface area contributed by atoms with Crippen molar-refractivity contribution in [3.8, 4) is 0 Å². The van der Waals surface area contributed by atoms with Gasteiger partial charge in [0.15, 0.2) is 0 Å². The molecule has 0 aromatic carbocycles. The minimum absolute atomic E-state index is 0. The first-order valence-electron chi connectivity index (χ1n) is 5.46. The van der Waals surface area contributed by atoms with Crippen LogP contribution in [0.3, 0.4) is 0 Å². The summed E-state index contributed by atoms with van der Waals surface area (Å²) in [6.07, 6.45) is 14.8. The van der Waals surface area contributed by atoms with E-state index >= 15 is 0 Å². The van der Waals surface area contributed by atoms with Crippen LogP contribution in [0.2, 0.25) is 0 Å². The maximum absolute atomic E-state index is 2.37. The molecule has 2 aliphatic carbocycles. The molecular formula is C12H17F2Zr. The average Bonchev–Trinajstić information content (AvgIpc) is 2.54. The van der Waals surface area contributed by atoms with Crippen LogP contribution in [0.1, 0.15) is 44.9 Å². The SMILES string of the molecule is [F-].[F-].[Zr+2][C]1=C(CC2CCCCC2)C=CC1. The van der Waals surface area contributed by atoms with Crippen LogP contribution in [0.5, 0.6) is 0 Å². The molecule has 0 saturated heterocycles. The Morgan fingerprint density at radius 1 is 1.13 bits per heavy atom. The van der Waals surface area contributed by atoms with Crippen molar-refractivity contribution in [3.05, 3.63) is 21.0 Å². The van der Waals surface area contributed by atoms with Gasteiger partial charge in [-0.3, -0.25) is 0 Å². The third-order valence-corrected chi connectivity index (χ3v) is 4.55. The van der Waals surface area contributed by atoms with E-state index in [1.807, 2.05) is 0 Å². The Morgan fingerprint density at radius 3 is 2.33 bits per heavy atom. The Morgan fingerprint density at radius 2 is 1.80 bits per heavy atom. The molecule has 1 fully saturated rings. The molecule has 0 unspecified atom stereocenters. The van der Waals surface area contributed by atoms with Crippen molar-refractivity contribution in [2.45, 2.75) is 44.9 Å². The first-order valence-corrected chi connectivity index (χ1v) is 6.69. The van der Waals surface area contributed by atoms with E-state index in [4.69, 9.17) is 0 Å². The molecule has 15 heavy (non-hydrogen) atoms. The summed E-state index contributed by atoms with van der Waals surface area (Å²) in [5.41, 5.74) is 1.69. The first-order chi connectivity index (χ1) is 6.36. The number of hydrogen-bond acceptors (Lipinski definition) is 0. The van der Waals surface area contributed by atoms with Crippen LogP contribution in [0.15, 0.2) is 21.0 Å². The van der Waals surface area contributed by atoms with Crippen molar-refractivity contribution >= 4 is 0 Å². The normalized spacial score (nSPS) is 21.2. The Kier molecular flexibility index (Phi) is 7.60. The zero-order valence-corrected chi connectivity index (χ0v) is 11.4. The van der Waals surface area contributed by atoms with Crippen molar-refractivity contribution < 1.29 is 34.1 Å². The van der Waals surface area contributed by atoms with E-state index in [1.54, 1.807) is 33.6 Å². The minimum atomic E-state index is 0. The first kappa shape index (κ1) is 15.2. The van der Waals surface area contributed by atoms with Gasteiger partial charge in [-0.1, -0.05) is 0 Å². The van der Waals surface area contributed by atoms with Gasteiger partial charge in [-0.15, -0.1) is 0 Å². The fourth-order valence-corrected chi connectivity index (χ4v) is 3.19. The third kappa shape index (κ3) is 4.30. The van der Waals surface area contributed by atoms with Crippen molar-refractivity contribution in [2.75, 3.05) is 0 Å². The van der Waals surface area contributed by atoms with Crippen molar-refractivity contribution in [3.63, 3.8) is 0 Å². The molecule has 0 spiro atoms. The molecule has 0 amide bonds. The Hall–Kier alpha value is 0.223. The standard InChI is InChI=1S/C12H17.2FH.Zr/c1-2-6-11(7-3-1)10-12-8-4-5-9-12;;;/h4,8,11H,1-3,5-7,10H2;2*1H;/q;;;+2/p-2. The van der Waals surface area contributed by atoms with Crippen LogP contribution in [0.25, 0.3) is 0 Å². The van der Waals surface area contributed by atoms with Gasteiger partial charge in [-0.25, -0.2) is 0 Å². The summed E-state index contributed by atoms with van der Waals surface area (Å²) in [6, 6.07) is 0. The van der Waals surface area contributed by atoms with Gasteiger partial charge in [0, 0.05) is 0 Å². The number of allylic oxidation sites excluding steroid dienone is 4. The maximum atomic E-state index is 2.37. The second kappa shape index (κ2) is 7.49. The molecule has 0 nitrogen and oxygen atoms in total. The Labute approximate surface area is 106 Å². The molecule has 0 aromatic rings. The van der Waals surface area contributed by atoms with Gasteiger partial charge < -0.3 is 9.41 Å². The van der Waals surface area contributed by atoms with Gasteiger partial charge in [0.1, 0.15) is 0 Å². The molecule has 1 saturated carbocycles. The van der Waals surface area contributed by atoms with Gasteiger partial charge in [0.2, 0.25) is 0 Å². The van der Waals surface area contributed by atoms with Crippen molar-refractivity contribution in [1.82, 2.24) is 0 Å². The van der Waals surface area contributed by atoms with Crippen LogP contribution >= 0.6 is 0 Å². The molecule has 0 radical (unpaired) electrons. The number of rotatable bonds is 2.